The third-order valence-electron chi connectivity index (χ3n) is 2.49. The van der Waals surface area contributed by atoms with Crippen LogP contribution in [0.5, 0.6) is 5.75 Å². The van der Waals surface area contributed by atoms with Crippen molar-refractivity contribution in [2.24, 2.45) is 0 Å². The summed E-state index contributed by atoms with van der Waals surface area (Å²) >= 11 is 0. The Morgan fingerprint density at radius 3 is 2.50 bits per heavy atom. The first-order valence-corrected chi connectivity index (χ1v) is 5.92. The Morgan fingerprint density at radius 2 is 1.95 bits per heavy atom. The second kappa shape index (κ2) is 7.96. The molecule has 6 heteroatoms. The largest absolute Gasteiger partial charge is 0.497 e. The van der Waals surface area contributed by atoms with Crippen molar-refractivity contribution in [3.8, 4) is 5.75 Å². The van der Waals surface area contributed by atoms with Crippen LogP contribution >= 0.6 is 0 Å². The molecule has 1 rings (SSSR count). The second-order valence-electron chi connectivity index (χ2n) is 3.89. The lowest BCUT2D eigenvalue weighted by atomic mass is 10.2. The van der Waals surface area contributed by atoms with E-state index in [0.717, 1.165) is 18.4 Å². The van der Waals surface area contributed by atoms with Crippen LogP contribution in [0.3, 0.4) is 0 Å². The number of methoxy groups -OCH3 is 2. The monoisotopic (exact) mass is 279 g/mol. The molecule has 0 aliphatic carbocycles. The lowest BCUT2D eigenvalue weighted by molar-refractivity contribution is -0.150. The molecule has 0 heterocycles. The van der Waals surface area contributed by atoms with E-state index in [1.54, 1.807) is 37.5 Å². The quantitative estimate of drug-likeness (QED) is 0.580. The van der Waals surface area contributed by atoms with Gasteiger partial charge >= 0.3 is 5.97 Å². The number of amides is 1. The van der Waals surface area contributed by atoms with Crippen molar-refractivity contribution in [2.45, 2.75) is 6.10 Å². The fraction of sp³-hybridized carbons (Fsp3) is 0.286. The number of hydrogen-bond acceptors (Lipinski definition) is 5. The Morgan fingerprint density at radius 1 is 1.30 bits per heavy atom. The van der Waals surface area contributed by atoms with Crippen molar-refractivity contribution in [2.75, 3.05) is 20.8 Å². The molecule has 0 aliphatic rings. The van der Waals surface area contributed by atoms with Gasteiger partial charge in [-0.1, -0.05) is 12.1 Å². The van der Waals surface area contributed by atoms with Crippen LogP contribution in [0, 0.1) is 0 Å². The van der Waals surface area contributed by atoms with Crippen molar-refractivity contribution in [3.63, 3.8) is 0 Å². The lowest BCUT2D eigenvalue weighted by Gasteiger charge is -2.07. The highest BCUT2D eigenvalue weighted by Crippen LogP contribution is 2.12. The fourth-order valence-corrected chi connectivity index (χ4v) is 1.36. The van der Waals surface area contributed by atoms with Gasteiger partial charge in [0.05, 0.1) is 20.8 Å². The highest BCUT2D eigenvalue weighted by molar-refractivity contribution is 5.92. The predicted molar refractivity (Wildman–Crippen MR) is 73.1 cm³/mol. The number of aliphatic hydroxyl groups excluding tert-OH is 1. The number of benzene rings is 1. The van der Waals surface area contributed by atoms with Gasteiger partial charge in [0.25, 0.3) is 0 Å². The maximum Gasteiger partial charge on any atom is 0.336 e. The van der Waals surface area contributed by atoms with E-state index in [-0.39, 0.29) is 6.54 Å². The standard InChI is InChI=1S/C14H17NO5/c1-19-11-6-3-10(4-7-11)5-8-13(17)15-9-12(16)14(18)20-2/h3-8,12,16H,9H2,1-2H3,(H,15,17)/b8-5+. The molecule has 1 amide bonds. The van der Waals surface area contributed by atoms with Crippen molar-refractivity contribution >= 4 is 18.0 Å². The number of esters is 1. The van der Waals surface area contributed by atoms with Crippen LogP contribution in [-0.4, -0.2) is 43.9 Å². The SMILES string of the molecule is COC(=O)C(O)CNC(=O)/C=C/c1ccc(OC)cc1. The minimum absolute atomic E-state index is 0.196. The summed E-state index contributed by atoms with van der Waals surface area (Å²) in [6.07, 6.45) is 1.56. The minimum atomic E-state index is -1.36. The molecule has 0 spiro atoms. The summed E-state index contributed by atoms with van der Waals surface area (Å²) < 4.78 is 9.34. The van der Waals surface area contributed by atoms with Crippen LogP contribution in [0.25, 0.3) is 6.08 Å². The zero-order valence-corrected chi connectivity index (χ0v) is 11.3. The van der Waals surface area contributed by atoms with E-state index in [9.17, 15) is 14.7 Å². The third-order valence-corrected chi connectivity index (χ3v) is 2.49. The van der Waals surface area contributed by atoms with Crippen LogP contribution in [-0.2, 0) is 14.3 Å². The van der Waals surface area contributed by atoms with Crippen molar-refractivity contribution in [1.82, 2.24) is 5.32 Å². The van der Waals surface area contributed by atoms with Gasteiger partial charge in [-0.25, -0.2) is 4.79 Å². The smallest absolute Gasteiger partial charge is 0.336 e. The first-order chi connectivity index (χ1) is 9.56. The van der Waals surface area contributed by atoms with E-state index in [4.69, 9.17) is 4.74 Å². The van der Waals surface area contributed by atoms with Crippen molar-refractivity contribution in [1.29, 1.82) is 0 Å². The average molecular weight is 279 g/mol. The molecular formula is C14H17NO5. The van der Waals surface area contributed by atoms with E-state index < -0.39 is 18.0 Å². The molecular weight excluding hydrogens is 262 g/mol. The van der Waals surface area contributed by atoms with Gasteiger partial charge in [-0.05, 0) is 23.8 Å². The average Bonchev–Trinajstić information content (AvgIpc) is 2.50. The summed E-state index contributed by atoms with van der Waals surface area (Å²) in [5, 5.41) is 11.7. The van der Waals surface area contributed by atoms with Crippen LogP contribution in [0.1, 0.15) is 5.56 Å². The lowest BCUT2D eigenvalue weighted by Crippen LogP contribution is -2.36. The van der Waals surface area contributed by atoms with Gasteiger partial charge in [0, 0.05) is 6.08 Å². The van der Waals surface area contributed by atoms with Crippen LogP contribution < -0.4 is 10.1 Å². The van der Waals surface area contributed by atoms with Gasteiger partial charge in [0.1, 0.15) is 5.75 Å². The topological polar surface area (TPSA) is 84.9 Å². The summed E-state index contributed by atoms with van der Waals surface area (Å²) in [5.74, 6) is -0.471. The van der Waals surface area contributed by atoms with Crippen LogP contribution in [0.4, 0.5) is 0 Å². The zero-order valence-electron chi connectivity index (χ0n) is 11.3. The molecule has 108 valence electrons. The Bertz CT molecular complexity index is 481. The van der Waals surface area contributed by atoms with Gasteiger partial charge in [0.15, 0.2) is 6.10 Å². The Balaban J connectivity index is 2.44. The molecule has 0 saturated carbocycles. The third kappa shape index (κ3) is 5.11. The minimum Gasteiger partial charge on any atom is -0.497 e. The number of aliphatic hydroxyl groups is 1. The first-order valence-electron chi connectivity index (χ1n) is 5.92. The number of hydrogen-bond donors (Lipinski definition) is 2. The van der Waals surface area contributed by atoms with E-state index in [1.807, 2.05) is 0 Å². The molecule has 0 aromatic heterocycles. The molecule has 1 aromatic rings. The molecule has 0 bridgehead atoms. The van der Waals surface area contributed by atoms with Gasteiger partial charge in [-0.15, -0.1) is 0 Å². The Labute approximate surface area is 117 Å². The number of carbonyl (C=O) groups is 2. The molecule has 2 N–H and O–H groups in total. The molecule has 1 aromatic carbocycles. The molecule has 1 unspecified atom stereocenters. The molecule has 1 atom stereocenters. The van der Waals surface area contributed by atoms with E-state index >= 15 is 0 Å². The maximum atomic E-state index is 11.5. The summed E-state index contributed by atoms with van der Waals surface area (Å²) in [6.45, 7) is -0.196. The van der Waals surface area contributed by atoms with Crippen molar-refractivity contribution in [3.05, 3.63) is 35.9 Å². The summed E-state index contributed by atoms with van der Waals surface area (Å²) in [4.78, 5) is 22.4. The molecule has 20 heavy (non-hydrogen) atoms. The molecule has 0 aliphatic heterocycles. The van der Waals surface area contributed by atoms with E-state index in [2.05, 4.69) is 10.1 Å². The van der Waals surface area contributed by atoms with E-state index in [1.165, 1.54) is 6.08 Å². The molecule has 0 radical (unpaired) electrons. The fourth-order valence-electron chi connectivity index (χ4n) is 1.36. The first kappa shape index (κ1) is 15.7. The number of carbonyl (C=O) groups excluding carboxylic acids is 2. The highest BCUT2D eigenvalue weighted by Gasteiger charge is 2.15. The van der Waals surface area contributed by atoms with Gasteiger partial charge < -0.3 is 19.9 Å². The van der Waals surface area contributed by atoms with E-state index in [0.29, 0.717) is 0 Å². The predicted octanol–water partition coefficient (Wildman–Crippen LogP) is 0.358. The second-order valence-corrected chi connectivity index (χ2v) is 3.89. The number of ether oxygens (including phenoxy) is 2. The van der Waals surface area contributed by atoms with Gasteiger partial charge in [-0.3, -0.25) is 4.79 Å². The maximum absolute atomic E-state index is 11.5. The number of nitrogens with one attached hydrogen (secondary N) is 1. The van der Waals surface area contributed by atoms with Gasteiger partial charge in [-0.2, -0.15) is 0 Å². The Kier molecular flexibility index (Phi) is 6.25. The number of rotatable bonds is 6. The van der Waals surface area contributed by atoms with Crippen LogP contribution in [0.2, 0.25) is 0 Å². The zero-order chi connectivity index (χ0) is 15.0. The molecule has 0 fully saturated rings. The molecule has 6 nitrogen and oxygen atoms in total. The normalized spacial score (nSPS) is 11.9. The van der Waals surface area contributed by atoms with Gasteiger partial charge in [0.2, 0.25) is 5.91 Å². The summed E-state index contributed by atoms with van der Waals surface area (Å²) in [6, 6.07) is 7.15. The Hall–Kier alpha value is -2.34. The summed E-state index contributed by atoms with van der Waals surface area (Å²) in [5.41, 5.74) is 0.828. The van der Waals surface area contributed by atoms with Crippen LogP contribution in [0.15, 0.2) is 30.3 Å². The van der Waals surface area contributed by atoms with Crippen molar-refractivity contribution < 1.29 is 24.2 Å². The summed E-state index contributed by atoms with van der Waals surface area (Å²) in [7, 11) is 2.74. The highest BCUT2D eigenvalue weighted by atomic mass is 16.5. The molecule has 0 saturated heterocycles.